The van der Waals surface area contributed by atoms with Crippen molar-refractivity contribution < 1.29 is 53.9 Å². The van der Waals surface area contributed by atoms with Crippen LogP contribution in [-0.2, 0) is 33.5 Å². The van der Waals surface area contributed by atoms with Gasteiger partial charge in [-0.05, 0) is 20.8 Å². The molecule has 152 valence electrons. The summed E-state index contributed by atoms with van der Waals surface area (Å²) in [6.07, 6.45) is -2.56. The smallest absolute Gasteiger partial charge is 0.302 e. The first-order valence-corrected chi connectivity index (χ1v) is 7.59. The van der Waals surface area contributed by atoms with Gasteiger partial charge in [0.2, 0.25) is 17.0 Å². The molecule has 0 amide bonds. The van der Waals surface area contributed by atoms with Gasteiger partial charge in [0.1, 0.15) is 12.7 Å². The lowest BCUT2D eigenvalue weighted by Gasteiger charge is -2.48. The van der Waals surface area contributed by atoms with E-state index >= 15 is 0 Å². The number of aliphatic hydroxyl groups is 4. The summed E-state index contributed by atoms with van der Waals surface area (Å²) in [6, 6.07) is 0. The molecule has 11 heteroatoms. The quantitative estimate of drug-likeness (QED) is 0.169. The molecule has 4 N–H and O–H groups in total. The van der Waals surface area contributed by atoms with E-state index < -0.39 is 64.4 Å². The third-order valence-corrected chi connectivity index (χ3v) is 4.21. The Morgan fingerprint density at radius 1 is 0.815 bits per heavy atom. The standard InChI is InChI=1S/C16H22O11/c1-7(17)13(23)15(25,9(3)19)16(26,10(4)20)14(24,8(2)18)12(22)6-27-11(5)21/h12,22,24-26H,6H2,1-5H3. The van der Waals surface area contributed by atoms with Crippen LogP contribution in [0.2, 0.25) is 0 Å². The molecule has 0 aromatic rings. The average Bonchev–Trinajstić information content (AvgIpc) is 2.55. The van der Waals surface area contributed by atoms with Gasteiger partial charge in [-0.25, -0.2) is 0 Å². The number of hydrogen-bond donors (Lipinski definition) is 4. The Balaban J connectivity index is 6.97. The predicted molar refractivity (Wildman–Crippen MR) is 85.2 cm³/mol. The summed E-state index contributed by atoms with van der Waals surface area (Å²) < 4.78 is 4.41. The molecule has 0 saturated heterocycles. The van der Waals surface area contributed by atoms with Crippen molar-refractivity contribution in [3.8, 4) is 0 Å². The first-order valence-electron chi connectivity index (χ1n) is 7.59. The molecule has 11 nitrogen and oxygen atoms in total. The normalized spacial score (nSPS) is 18.9. The molecule has 0 spiro atoms. The van der Waals surface area contributed by atoms with Gasteiger partial charge in [-0.15, -0.1) is 0 Å². The lowest BCUT2D eigenvalue weighted by Crippen LogP contribution is -2.81. The second-order valence-electron chi connectivity index (χ2n) is 6.06. The molecule has 0 bridgehead atoms. The molecule has 4 atom stereocenters. The van der Waals surface area contributed by atoms with Crippen LogP contribution in [-0.4, -0.2) is 84.8 Å². The van der Waals surface area contributed by atoms with E-state index in [1.807, 2.05) is 0 Å². The monoisotopic (exact) mass is 390 g/mol. The molecule has 27 heavy (non-hydrogen) atoms. The minimum Gasteiger partial charge on any atom is -0.463 e. The Kier molecular flexibility index (Phi) is 7.42. The molecular weight excluding hydrogens is 368 g/mol. The van der Waals surface area contributed by atoms with Gasteiger partial charge in [0.25, 0.3) is 0 Å². The van der Waals surface area contributed by atoms with Crippen molar-refractivity contribution in [1.29, 1.82) is 0 Å². The Morgan fingerprint density at radius 3 is 1.52 bits per heavy atom. The topological polar surface area (TPSA) is 193 Å². The first-order chi connectivity index (χ1) is 12.0. The fourth-order valence-electron chi connectivity index (χ4n) is 2.68. The van der Waals surface area contributed by atoms with E-state index in [0.29, 0.717) is 27.7 Å². The fraction of sp³-hybridized carbons (Fsp3) is 0.625. The van der Waals surface area contributed by atoms with E-state index in [1.54, 1.807) is 0 Å². The number of aliphatic hydroxyl groups excluding tert-OH is 1. The molecule has 0 fully saturated rings. The number of carbonyl (C=O) groups excluding carboxylic acids is 6. The largest absolute Gasteiger partial charge is 0.463 e. The van der Waals surface area contributed by atoms with E-state index in [4.69, 9.17) is 0 Å². The zero-order valence-electron chi connectivity index (χ0n) is 15.4. The maximum absolute atomic E-state index is 12.2. The molecule has 0 saturated carbocycles. The van der Waals surface area contributed by atoms with Gasteiger partial charge in [-0.1, -0.05) is 0 Å². The summed E-state index contributed by atoms with van der Waals surface area (Å²) in [4.78, 5) is 70.8. The number of rotatable bonds is 10. The molecular formula is C16H22O11. The van der Waals surface area contributed by atoms with Crippen molar-refractivity contribution in [2.45, 2.75) is 57.5 Å². The second-order valence-corrected chi connectivity index (χ2v) is 6.06. The zero-order chi connectivity index (χ0) is 22.0. The van der Waals surface area contributed by atoms with E-state index in [1.165, 1.54) is 0 Å². The molecule has 4 unspecified atom stereocenters. The lowest BCUT2D eigenvalue weighted by atomic mass is 9.61. The van der Waals surface area contributed by atoms with Crippen LogP contribution in [0.1, 0.15) is 34.6 Å². The van der Waals surface area contributed by atoms with Crippen LogP contribution in [0.5, 0.6) is 0 Å². The highest BCUT2D eigenvalue weighted by Gasteiger charge is 2.74. The Labute approximate surface area is 153 Å². The summed E-state index contributed by atoms with van der Waals surface area (Å²) >= 11 is 0. The van der Waals surface area contributed by atoms with Crippen LogP contribution in [0.3, 0.4) is 0 Å². The molecule has 0 radical (unpaired) electrons. The third-order valence-electron chi connectivity index (χ3n) is 4.21. The molecule has 0 aromatic heterocycles. The summed E-state index contributed by atoms with van der Waals surface area (Å²) in [6.45, 7) is 1.97. The van der Waals surface area contributed by atoms with E-state index in [9.17, 15) is 49.2 Å². The van der Waals surface area contributed by atoms with E-state index in [-0.39, 0.29) is 0 Å². The van der Waals surface area contributed by atoms with Crippen molar-refractivity contribution in [3.05, 3.63) is 0 Å². The number of carbonyl (C=O) groups is 6. The second kappa shape index (κ2) is 8.13. The number of hydrogen-bond acceptors (Lipinski definition) is 11. The van der Waals surface area contributed by atoms with Gasteiger partial charge in [-0.3, -0.25) is 28.8 Å². The SMILES string of the molecule is CC(=O)OCC(O)C(O)(C(C)=O)C(O)(C(C)=O)C(O)(C(C)=O)C(=O)C(C)=O. The average molecular weight is 390 g/mol. The van der Waals surface area contributed by atoms with Crippen molar-refractivity contribution in [2.24, 2.45) is 0 Å². The van der Waals surface area contributed by atoms with E-state index in [0.717, 1.165) is 6.92 Å². The highest BCUT2D eigenvalue weighted by atomic mass is 16.5. The Morgan fingerprint density at radius 2 is 1.26 bits per heavy atom. The molecule has 0 aliphatic heterocycles. The van der Waals surface area contributed by atoms with Gasteiger partial charge in [0, 0.05) is 13.8 Å². The predicted octanol–water partition coefficient (Wildman–Crippen LogP) is -2.97. The van der Waals surface area contributed by atoms with Gasteiger partial charge >= 0.3 is 5.97 Å². The van der Waals surface area contributed by atoms with Crippen LogP contribution in [0.4, 0.5) is 0 Å². The van der Waals surface area contributed by atoms with Crippen LogP contribution in [0, 0.1) is 0 Å². The van der Waals surface area contributed by atoms with Crippen molar-refractivity contribution in [2.75, 3.05) is 6.61 Å². The molecule has 0 aliphatic rings. The Hall–Kier alpha value is -2.34. The minimum atomic E-state index is -3.97. The summed E-state index contributed by atoms with van der Waals surface area (Å²) in [7, 11) is 0. The van der Waals surface area contributed by atoms with Gasteiger partial charge in [0.05, 0.1) is 0 Å². The lowest BCUT2D eigenvalue weighted by molar-refractivity contribution is -0.247. The minimum absolute atomic E-state index is 0.508. The summed E-state index contributed by atoms with van der Waals surface area (Å²) in [5.41, 5.74) is -11.6. The van der Waals surface area contributed by atoms with E-state index in [2.05, 4.69) is 4.74 Å². The third kappa shape index (κ3) is 3.72. The van der Waals surface area contributed by atoms with Crippen LogP contribution in [0.15, 0.2) is 0 Å². The van der Waals surface area contributed by atoms with Gasteiger partial charge in [-0.2, -0.15) is 0 Å². The zero-order valence-corrected chi connectivity index (χ0v) is 15.4. The number of ether oxygens (including phenoxy) is 1. The van der Waals surface area contributed by atoms with Crippen molar-refractivity contribution in [1.82, 2.24) is 0 Å². The maximum Gasteiger partial charge on any atom is 0.302 e. The highest BCUT2D eigenvalue weighted by molar-refractivity contribution is 6.45. The molecule has 0 heterocycles. The maximum atomic E-state index is 12.2. The number of ketones is 5. The number of Topliss-reactive ketones (excluding diaryl/α,β-unsaturated/α-hetero) is 5. The number of esters is 1. The van der Waals surface area contributed by atoms with Crippen molar-refractivity contribution >= 4 is 34.9 Å². The summed E-state index contributed by atoms with van der Waals surface area (Å²) in [5.74, 6) is -9.35. The van der Waals surface area contributed by atoms with Crippen LogP contribution >= 0.6 is 0 Å². The Bertz CT molecular complexity index is 696. The summed E-state index contributed by atoms with van der Waals surface area (Å²) in [5, 5.41) is 42.4. The fourth-order valence-corrected chi connectivity index (χ4v) is 2.68. The van der Waals surface area contributed by atoms with Crippen LogP contribution < -0.4 is 0 Å². The van der Waals surface area contributed by atoms with Crippen molar-refractivity contribution in [3.63, 3.8) is 0 Å². The molecule has 0 rings (SSSR count). The van der Waals surface area contributed by atoms with Crippen LogP contribution in [0.25, 0.3) is 0 Å². The van der Waals surface area contributed by atoms with Gasteiger partial charge < -0.3 is 25.2 Å². The molecule has 0 aromatic carbocycles. The van der Waals surface area contributed by atoms with Gasteiger partial charge in [0.15, 0.2) is 28.7 Å². The first kappa shape index (κ1) is 24.7. The highest BCUT2D eigenvalue weighted by Crippen LogP contribution is 2.39. The molecule has 0 aliphatic carbocycles.